The summed E-state index contributed by atoms with van der Waals surface area (Å²) in [4.78, 5) is 25.6. The van der Waals surface area contributed by atoms with Crippen LogP contribution in [-0.2, 0) is 11.2 Å². The molecule has 3 heterocycles. The van der Waals surface area contributed by atoms with Crippen LogP contribution in [0.3, 0.4) is 0 Å². The van der Waals surface area contributed by atoms with Crippen molar-refractivity contribution in [2.75, 3.05) is 29.9 Å². The van der Waals surface area contributed by atoms with Crippen LogP contribution in [0.1, 0.15) is 31.7 Å². The van der Waals surface area contributed by atoms with Gasteiger partial charge in [0.25, 0.3) is 0 Å². The van der Waals surface area contributed by atoms with Gasteiger partial charge in [0.15, 0.2) is 17.3 Å². The number of anilines is 3. The number of piperidine rings is 1. The lowest BCUT2D eigenvalue weighted by molar-refractivity contribution is -0.136. The Morgan fingerprint density at radius 2 is 2.05 bits per heavy atom. The maximum absolute atomic E-state index is 10.9. The minimum absolute atomic E-state index is 0.0257. The van der Waals surface area contributed by atoms with Gasteiger partial charge in [-0.05, 0) is 62.1 Å². The first-order valence-electron chi connectivity index (χ1n) is 12.6. The molecule has 37 heavy (non-hydrogen) atoms. The molecular formula is C28H31N5O4. The number of aromatic amines is 1. The second-order valence-electron chi connectivity index (χ2n) is 9.09. The molecule has 1 saturated heterocycles. The summed E-state index contributed by atoms with van der Waals surface area (Å²) >= 11 is 0. The average Bonchev–Trinajstić information content (AvgIpc) is 3.30. The lowest BCUT2D eigenvalue weighted by atomic mass is 10.1. The second kappa shape index (κ2) is 11.2. The second-order valence-corrected chi connectivity index (χ2v) is 9.09. The van der Waals surface area contributed by atoms with Crippen molar-refractivity contribution in [3.05, 3.63) is 66.5 Å². The molecule has 3 N–H and O–H groups in total. The number of nitrogens with one attached hydrogen (secondary N) is 2. The number of hydrogen-bond donors (Lipinski definition) is 3. The molecule has 2 aromatic heterocycles. The fourth-order valence-corrected chi connectivity index (χ4v) is 4.61. The lowest BCUT2D eigenvalue weighted by Crippen LogP contribution is -2.41. The highest BCUT2D eigenvalue weighted by atomic mass is 16.5. The van der Waals surface area contributed by atoms with Crippen molar-refractivity contribution in [2.24, 2.45) is 0 Å². The third kappa shape index (κ3) is 6.11. The van der Waals surface area contributed by atoms with Crippen LogP contribution in [0.2, 0.25) is 0 Å². The summed E-state index contributed by atoms with van der Waals surface area (Å²) in [6, 6.07) is 15.7. The normalized spacial score (nSPS) is 15.5. The van der Waals surface area contributed by atoms with Crippen molar-refractivity contribution < 1.29 is 19.4 Å². The van der Waals surface area contributed by atoms with Crippen LogP contribution in [-0.4, -0.2) is 51.8 Å². The maximum atomic E-state index is 10.9. The Bertz CT molecular complexity index is 1370. The fraction of sp³-hybridized carbons (Fsp3) is 0.321. The number of para-hydroxylation sites is 2. The predicted molar refractivity (Wildman–Crippen MR) is 143 cm³/mol. The van der Waals surface area contributed by atoms with E-state index in [0.717, 1.165) is 59.0 Å². The highest BCUT2D eigenvalue weighted by molar-refractivity contribution is 5.85. The minimum atomic E-state index is -0.795. The van der Waals surface area contributed by atoms with Crippen molar-refractivity contribution in [2.45, 2.75) is 38.7 Å². The molecule has 0 amide bonds. The summed E-state index contributed by atoms with van der Waals surface area (Å²) in [5, 5.41) is 13.3. The van der Waals surface area contributed by atoms with E-state index in [9.17, 15) is 4.79 Å². The molecule has 4 aromatic rings. The summed E-state index contributed by atoms with van der Waals surface area (Å²) in [6.07, 6.45) is 6.08. The standard InChI is InChI=1S/C28H31N5O4/c1-2-36-23-7-3-4-8-24(23)37-21-6-5-13-33(18-21)27-17-29-16-26(32-27)31-25-15-20-14-19(10-12-28(34)35)9-11-22(20)30-25/h3-4,7-9,11,14-17,21,30H,2,5-6,10,12-13,18H2,1H3,(H,31,32)(H,34,35)/t21-/m1/s1. The lowest BCUT2D eigenvalue weighted by Gasteiger charge is -2.33. The largest absolute Gasteiger partial charge is 0.490 e. The number of H-pyrrole nitrogens is 1. The van der Waals surface area contributed by atoms with E-state index in [1.165, 1.54) is 0 Å². The van der Waals surface area contributed by atoms with Gasteiger partial charge in [-0.1, -0.05) is 18.2 Å². The van der Waals surface area contributed by atoms with E-state index in [0.29, 0.717) is 25.4 Å². The molecule has 0 saturated carbocycles. The predicted octanol–water partition coefficient (Wildman–Crippen LogP) is 5.17. The zero-order valence-corrected chi connectivity index (χ0v) is 20.8. The number of hydrogen-bond acceptors (Lipinski definition) is 7. The highest BCUT2D eigenvalue weighted by Gasteiger charge is 2.24. The molecule has 1 atom stereocenters. The number of aromatic nitrogens is 3. The zero-order valence-electron chi connectivity index (χ0n) is 20.8. The van der Waals surface area contributed by atoms with Crippen LogP contribution >= 0.6 is 0 Å². The Morgan fingerprint density at radius 1 is 1.19 bits per heavy atom. The molecule has 192 valence electrons. The molecule has 0 aliphatic carbocycles. The molecule has 1 fully saturated rings. The van der Waals surface area contributed by atoms with Crippen LogP contribution in [0.25, 0.3) is 10.9 Å². The number of rotatable bonds is 10. The Morgan fingerprint density at radius 3 is 2.89 bits per heavy atom. The molecule has 9 heteroatoms. The number of nitrogens with zero attached hydrogens (tertiary/aromatic N) is 3. The molecule has 0 unspecified atom stereocenters. The quantitative estimate of drug-likeness (QED) is 0.273. The van der Waals surface area contributed by atoms with E-state index in [4.69, 9.17) is 19.6 Å². The van der Waals surface area contributed by atoms with Crippen LogP contribution in [0.15, 0.2) is 60.9 Å². The first-order chi connectivity index (χ1) is 18.1. The summed E-state index contributed by atoms with van der Waals surface area (Å²) in [6.45, 7) is 4.16. The number of aliphatic carboxylic acids is 1. The van der Waals surface area contributed by atoms with Crippen molar-refractivity contribution in [3.8, 4) is 11.5 Å². The summed E-state index contributed by atoms with van der Waals surface area (Å²) < 4.78 is 12.0. The number of carbonyl (C=O) groups is 1. The molecule has 2 aromatic carbocycles. The Kier molecular flexibility index (Phi) is 7.39. The van der Waals surface area contributed by atoms with Gasteiger partial charge in [-0.2, -0.15) is 0 Å². The third-order valence-corrected chi connectivity index (χ3v) is 6.34. The van der Waals surface area contributed by atoms with Crippen LogP contribution < -0.4 is 19.7 Å². The van der Waals surface area contributed by atoms with Gasteiger partial charge in [0, 0.05) is 23.9 Å². The maximum Gasteiger partial charge on any atom is 0.303 e. The van der Waals surface area contributed by atoms with Gasteiger partial charge < -0.3 is 29.8 Å². The van der Waals surface area contributed by atoms with E-state index < -0.39 is 5.97 Å². The first kappa shape index (κ1) is 24.4. The number of carboxylic acids is 1. The van der Waals surface area contributed by atoms with Crippen LogP contribution in [0, 0.1) is 0 Å². The van der Waals surface area contributed by atoms with Gasteiger partial charge in [-0.15, -0.1) is 0 Å². The van der Waals surface area contributed by atoms with Gasteiger partial charge in [0.1, 0.15) is 17.7 Å². The smallest absolute Gasteiger partial charge is 0.303 e. The highest BCUT2D eigenvalue weighted by Crippen LogP contribution is 2.30. The topological polar surface area (TPSA) is 113 Å². The van der Waals surface area contributed by atoms with Gasteiger partial charge in [0.05, 0.1) is 25.5 Å². The van der Waals surface area contributed by atoms with Crippen molar-refractivity contribution in [1.82, 2.24) is 15.0 Å². The zero-order chi connectivity index (χ0) is 25.6. The molecule has 0 bridgehead atoms. The molecule has 5 rings (SSSR count). The SMILES string of the molecule is CCOc1ccccc1O[C@@H]1CCCN(c2cncc(Nc3cc4cc(CCC(=O)O)ccc4[nH]3)n2)C1. The van der Waals surface area contributed by atoms with Crippen molar-refractivity contribution in [3.63, 3.8) is 0 Å². The first-order valence-corrected chi connectivity index (χ1v) is 12.6. The number of carboxylic acid groups (broad SMARTS) is 1. The van der Waals surface area contributed by atoms with Crippen LogP contribution in [0.4, 0.5) is 17.5 Å². The number of fused-ring (bicyclic) bond motifs is 1. The molecule has 9 nitrogen and oxygen atoms in total. The average molecular weight is 502 g/mol. The monoisotopic (exact) mass is 501 g/mol. The Hall–Kier alpha value is -4.27. The molecule has 1 aliphatic rings. The molecular weight excluding hydrogens is 470 g/mol. The number of ether oxygens (including phenoxy) is 2. The summed E-state index contributed by atoms with van der Waals surface area (Å²) in [7, 11) is 0. The van der Waals surface area contributed by atoms with E-state index in [1.54, 1.807) is 12.4 Å². The number of aryl methyl sites for hydroxylation is 1. The molecule has 0 radical (unpaired) electrons. The van der Waals surface area contributed by atoms with Gasteiger partial charge in [-0.3, -0.25) is 9.78 Å². The Labute approximate surface area is 215 Å². The molecule has 0 spiro atoms. The molecule has 1 aliphatic heterocycles. The van der Waals surface area contributed by atoms with Gasteiger partial charge in [-0.25, -0.2) is 4.98 Å². The van der Waals surface area contributed by atoms with Crippen molar-refractivity contribution in [1.29, 1.82) is 0 Å². The fourth-order valence-electron chi connectivity index (χ4n) is 4.61. The van der Waals surface area contributed by atoms with Gasteiger partial charge >= 0.3 is 5.97 Å². The number of benzene rings is 2. The minimum Gasteiger partial charge on any atom is -0.490 e. The van der Waals surface area contributed by atoms with E-state index >= 15 is 0 Å². The Balaban J connectivity index is 1.26. The van der Waals surface area contributed by atoms with E-state index in [1.807, 2.05) is 55.5 Å². The van der Waals surface area contributed by atoms with Gasteiger partial charge in [0.2, 0.25) is 0 Å². The summed E-state index contributed by atoms with van der Waals surface area (Å²) in [5.41, 5.74) is 1.96. The third-order valence-electron chi connectivity index (χ3n) is 6.34. The van der Waals surface area contributed by atoms with Crippen molar-refractivity contribution >= 4 is 34.3 Å². The van der Waals surface area contributed by atoms with E-state index in [-0.39, 0.29) is 12.5 Å². The van der Waals surface area contributed by atoms with Crippen LogP contribution in [0.5, 0.6) is 11.5 Å². The van der Waals surface area contributed by atoms with E-state index in [2.05, 4.69) is 20.2 Å². The summed E-state index contributed by atoms with van der Waals surface area (Å²) in [5.74, 6) is 2.97.